The molecule has 0 radical (unpaired) electrons. The smallest absolute Gasteiger partial charge is 0.338 e. The number of ketones is 1. The van der Waals surface area contributed by atoms with E-state index in [1.165, 1.54) is 25.1 Å². The number of halogens is 1. The van der Waals surface area contributed by atoms with Crippen LogP contribution in [0.1, 0.15) is 59.5 Å². The molecule has 0 bridgehead atoms. The Balaban J connectivity index is 1.55. The largest absolute Gasteiger partial charge is 0.451 e. The van der Waals surface area contributed by atoms with Gasteiger partial charge in [-0.1, -0.05) is 47.5 Å². The molecule has 0 aliphatic carbocycles. The average Bonchev–Trinajstić information content (AvgIpc) is 3.05. The molecule has 1 aliphatic heterocycles. The fourth-order valence-corrected chi connectivity index (χ4v) is 3.73. The van der Waals surface area contributed by atoms with Gasteiger partial charge in [0.1, 0.15) is 0 Å². The summed E-state index contributed by atoms with van der Waals surface area (Å²) in [6.45, 7) is 5.22. The number of benzene rings is 3. The van der Waals surface area contributed by atoms with E-state index in [1.807, 2.05) is 13.8 Å². The van der Waals surface area contributed by atoms with Crippen LogP contribution in [0, 0.1) is 13.8 Å². The number of nitrogens with zero attached hydrogens (tertiary/aromatic N) is 1. The third-order valence-electron chi connectivity index (χ3n) is 5.53. The Hall–Kier alpha value is -3.77. The van der Waals surface area contributed by atoms with Crippen LogP contribution in [0.25, 0.3) is 0 Å². The molecule has 0 spiro atoms. The van der Waals surface area contributed by atoms with Crippen molar-refractivity contribution in [1.82, 2.24) is 0 Å². The SMILES string of the molecule is Cc1ccc(C(=O)[C@@H](C)OC(=O)c2ccc3c(c2)C(=O)N(c2ccc(C)c(Cl)c2)C3=O)cc1. The lowest BCUT2D eigenvalue weighted by Crippen LogP contribution is -2.29. The molecular weight excluding hydrogens is 442 g/mol. The maximum atomic E-state index is 13.0. The average molecular weight is 462 g/mol. The number of carbonyl (C=O) groups excluding carboxylic acids is 4. The summed E-state index contributed by atoms with van der Waals surface area (Å²) in [5, 5.41) is 0.431. The summed E-state index contributed by atoms with van der Waals surface area (Å²) in [6.07, 6.45) is -1.02. The molecule has 4 rings (SSSR count). The molecule has 1 heterocycles. The van der Waals surface area contributed by atoms with Gasteiger partial charge in [0.15, 0.2) is 6.10 Å². The van der Waals surface area contributed by atoms with Gasteiger partial charge in [0.2, 0.25) is 5.78 Å². The van der Waals surface area contributed by atoms with Crippen molar-refractivity contribution in [2.45, 2.75) is 26.9 Å². The molecule has 1 aliphatic rings. The fraction of sp³-hybridized carbons (Fsp3) is 0.154. The maximum absolute atomic E-state index is 13.0. The number of esters is 1. The van der Waals surface area contributed by atoms with Gasteiger partial charge in [-0.05, 0) is 56.7 Å². The maximum Gasteiger partial charge on any atom is 0.338 e. The molecule has 1 atom stereocenters. The minimum absolute atomic E-state index is 0.0715. The van der Waals surface area contributed by atoms with E-state index in [1.54, 1.807) is 42.5 Å². The first kappa shape index (κ1) is 22.4. The predicted molar refractivity (Wildman–Crippen MR) is 124 cm³/mol. The van der Waals surface area contributed by atoms with E-state index in [2.05, 4.69) is 0 Å². The highest BCUT2D eigenvalue weighted by Crippen LogP contribution is 2.31. The van der Waals surface area contributed by atoms with Crippen molar-refractivity contribution in [3.8, 4) is 0 Å². The van der Waals surface area contributed by atoms with E-state index in [4.69, 9.17) is 16.3 Å². The van der Waals surface area contributed by atoms with Crippen LogP contribution in [0.15, 0.2) is 60.7 Å². The second-order valence-electron chi connectivity index (χ2n) is 7.92. The number of ether oxygens (including phenoxy) is 1. The quantitative estimate of drug-likeness (QED) is 0.297. The number of imide groups is 1. The molecule has 0 saturated heterocycles. The van der Waals surface area contributed by atoms with E-state index in [9.17, 15) is 19.2 Å². The number of hydrogen-bond acceptors (Lipinski definition) is 5. The van der Waals surface area contributed by atoms with Crippen molar-refractivity contribution in [2.24, 2.45) is 0 Å². The molecule has 0 unspecified atom stereocenters. The van der Waals surface area contributed by atoms with Gasteiger partial charge in [-0.3, -0.25) is 14.4 Å². The zero-order valence-corrected chi connectivity index (χ0v) is 19.0. The van der Waals surface area contributed by atoms with Gasteiger partial charge < -0.3 is 4.74 Å². The highest BCUT2D eigenvalue weighted by molar-refractivity contribution is 6.36. The van der Waals surface area contributed by atoms with Crippen molar-refractivity contribution in [3.05, 3.63) is 99.1 Å². The van der Waals surface area contributed by atoms with Gasteiger partial charge in [0.05, 0.1) is 22.4 Å². The Morgan fingerprint density at radius 3 is 2.15 bits per heavy atom. The van der Waals surface area contributed by atoms with Crippen molar-refractivity contribution in [1.29, 1.82) is 0 Å². The number of hydrogen-bond donors (Lipinski definition) is 0. The second kappa shape index (κ2) is 8.64. The van der Waals surface area contributed by atoms with Crippen molar-refractivity contribution < 1.29 is 23.9 Å². The van der Waals surface area contributed by atoms with Crippen LogP contribution in [-0.2, 0) is 4.74 Å². The molecular formula is C26H20ClNO5. The number of amides is 2. The van der Waals surface area contributed by atoms with E-state index >= 15 is 0 Å². The van der Waals surface area contributed by atoms with E-state index < -0.39 is 23.9 Å². The van der Waals surface area contributed by atoms with Crippen LogP contribution >= 0.6 is 11.6 Å². The number of aryl methyl sites for hydroxylation is 2. The summed E-state index contributed by atoms with van der Waals surface area (Å²) in [5.74, 6) is -2.16. The molecule has 3 aromatic rings. The molecule has 7 heteroatoms. The number of rotatable bonds is 5. The molecule has 3 aromatic carbocycles. The van der Waals surface area contributed by atoms with Crippen LogP contribution in [0.3, 0.4) is 0 Å². The first-order chi connectivity index (χ1) is 15.7. The van der Waals surface area contributed by atoms with Crippen molar-refractivity contribution in [2.75, 3.05) is 4.90 Å². The molecule has 166 valence electrons. The summed E-state index contributed by atoms with van der Waals surface area (Å²) < 4.78 is 5.33. The van der Waals surface area contributed by atoms with Crippen molar-refractivity contribution in [3.63, 3.8) is 0 Å². The Kier molecular flexibility index (Phi) is 5.87. The zero-order chi connectivity index (χ0) is 23.9. The topological polar surface area (TPSA) is 80.8 Å². The minimum atomic E-state index is -1.02. The molecule has 2 amide bonds. The third-order valence-corrected chi connectivity index (χ3v) is 5.93. The lowest BCUT2D eigenvalue weighted by molar-refractivity contribution is 0.0318. The van der Waals surface area contributed by atoms with Gasteiger partial charge in [-0.15, -0.1) is 0 Å². The van der Waals surface area contributed by atoms with Crippen LogP contribution in [0.5, 0.6) is 0 Å². The van der Waals surface area contributed by atoms with E-state index in [-0.39, 0.29) is 22.5 Å². The number of Topliss-reactive ketones (excluding diaryl/α,β-unsaturated/α-hetero) is 1. The van der Waals surface area contributed by atoms with Gasteiger partial charge in [-0.25, -0.2) is 9.69 Å². The number of anilines is 1. The third kappa shape index (κ3) is 4.17. The van der Waals surface area contributed by atoms with Gasteiger partial charge in [0.25, 0.3) is 11.8 Å². The van der Waals surface area contributed by atoms with Gasteiger partial charge in [0, 0.05) is 10.6 Å². The lowest BCUT2D eigenvalue weighted by atomic mass is 10.0. The first-order valence-electron chi connectivity index (χ1n) is 10.3. The molecule has 6 nitrogen and oxygen atoms in total. The standard InChI is InChI=1S/C26H20ClNO5/c1-14-4-7-17(8-5-14)23(29)16(3)33-26(32)18-9-11-20-21(12-18)25(31)28(24(20)30)19-10-6-15(2)22(27)13-19/h4-13,16H,1-3H3/t16-/m1/s1. The molecule has 33 heavy (non-hydrogen) atoms. The monoisotopic (exact) mass is 461 g/mol. The number of carbonyl (C=O) groups is 4. The Bertz CT molecular complexity index is 1310. The van der Waals surface area contributed by atoms with E-state index in [0.29, 0.717) is 16.3 Å². The van der Waals surface area contributed by atoms with Crippen LogP contribution < -0.4 is 4.90 Å². The summed E-state index contributed by atoms with van der Waals surface area (Å²) in [5.41, 5.74) is 2.94. The zero-order valence-electron chi connectivity index (χ0n) is 18.2. The minimum Gasteiger partial charge on any atom is -0.451 e. The summed E-state index contributed by atoms with van der Waals surface area (Å²) in [7, 11) is 0. The Morgan fingerprint density at radius 2 is 1.48 bits per heavy atom. The second-order valence-corrected chi connectivity index (χ2v) is 8.32. The molecule has 0 saturated carbocycles. The highest BCUT2D eigenvalue weighted by atomic mass is 35.5. The lowest BCUT2D eigenvalue weighted by Gasteiger charge is -2.14. The Labute approximate surface area is 195 Å². The number of fused-ring (bicyclic) bond motifs is 1. The summed E-state index contributed by atoms with van der Waals surface area (Å²) in [6, 6.07) is 16.0. The molecule has 0 N–H and O–H groups in total. The van der Waals surface area contributed by atoms with Gasteiger partial charge >= 0.3 is 5.97 Å². The normalized spacial score (nSPS) is 13.6. The van der Waals surface area contributed by atoms with Crippen molar-refractivity contribution >= 4 is 40.9 Å². The molecule has 0 fully saturated rings. The first-order valence-corrected chi connectivity index (χ1v) is 10.7. The highest BCUT2D eigenvalue weighted by Gasteiger charge is 2.37. The Morgan fingerprint density at radius 1 is 0.848 bits per heavy atom. The van der Waals surface area contributed by atoms with Crippen LogP contribution in [0.4, 0.5) is 5.69 Å². The summed E-state index contributed by atoms with van der Waals surface area (Å²) in [4.78, 5) is 52.1. The van der Waals surface area contributed by atoms with Crippen LogP contribution in [-0.4, -0.2) is 29.7 Å². The van der Waals surface area contributed by atoms with E-state index in [0.717, 1.165) is 16.0 Å². The van der Waals surface area contributed by atoms with Crippen LogP contribution in [0.2, 0.25) is 5.02 Å². The van der Waals surface area contributed by atoms with Gasteiger partial charge in [-0.2, -0.15) is 0 Å². The fourth-order valence-electron chi connectivity index (χ4n) is 3.56. The molecule has 0 aromatic heterocycles. The predicted octanol–water partition coefficient (Wildman–Crippen LogP) is 5.19. The summed E-state index contributed by atoms with van der Waals surface area (Å²) >= 11 is 6.15.